The molecule has 0 radical (unpaired) electrons. The summed E-state index contributed by atoms with van der Waals surface area (Å²) in [4.78, 5) is 13.0. The number of hydrogen-bond donors (Lipinski definition) is 1. The van der Waals surface area contributed by atoms with Crippen molar-refractivity contribution in [2.75, 3.05) is 13.1 Å². The third kappa shape index (κ3) is 4.97. The molecule has 1 rings (SSSR count). The lowest BCUT2D eigenvalue weighted by molar-refractivity contribution is -0.138. The normalized spacial score (nSPS) is 17.7. The van der Waals surface area contributed by atoms with E-state index >= 15 is 0 Å². The number of carbonyl (C=O) groups is 1. The maximum atomic E-state index is 10.8. The molecule has 0 aromatic heterocycles. The summed E-state index contributed by atoms with van der Waals surface area (Å²) in [5, 5.41) is 8.88. The minimum absolute atomic E-state index is 0.229. The van der Waals surface area contributed by atoms with E-state index in [0.29, 0.717) is 12.0 Å². The van der Waals surface area contributed by atoms with Gasteiger partial charge in [0, 0.05) is 12.6 Å². The van der Waals surface area contributed by atoms with E-state index < -0.39 is 5.97 Å². The van der Waals surface area contributed by atoms with Crippen molar-refractivity contribution in [1.29, 1.82) is 0 Å². The van der Waals surface area contributed by atoms with Crippen LogP contribution >= 0.6 is 0 Å². The second kappa shape index (κ2) is 6.89. The van der Waals surface area contributed by atoms with Crippen LogP contribution in [0.1, 0.15) is 52.4 Å². The second-order valence-corrected chi connectivity index (χ2v) is 4.97. The summed E-state index contributed by atoms with van der Waals surface area (Å²) >= 11 is 0. The van der Waals surface area contributed by atoms with Gasteiger partial charge in [0.05, 0.1) is 6.54 Å². The van der Waals surface area contributed by atoms with Crippen LogP contribution in [0, 0.1) is 5.92 Å². The Kier molecular flexibility index (Phi) is 5.81. The van der Waals surface area contributed by atoms with E-state index in [1.165, 1.54) is 38.5 Å². The van der Waals surface area contributed by atoms with E-state index in [2.05, 4.69) is 18.7 Å². The highest BCUT2D eigenvalue weighted by Gasteiger charge is 2.31. The van der Waals surface area contributed by atoms with Crippen LogP contribution in [0.3, 0.4) is 0 Å². The fourth-order valence-corrected chi connectivity index (χ4v) is 2.21. The Hall–Kier alpha value is -0.570. The lowest BCUT2D eigenvalue weighted by Crippen LogP contribution is -2.35. The summed E-state index contributed by atoms with van der Waals surface area (Å²) in [5.74, 6) is -0.00264. The summed E-state index contributed by atoms with van der Waals surface area (Å²) in [5.41, 5.74) is 0. The zero-order chi connectivity index (χ0) is 12.0. The molecular weight excluding hydrogens is 202 g/mol. The first kappa shape index (κ1) is 13.5. The van der Waals surface area contributed by atoms with E-state index in [1.54, 1.807) is 0 Å². The molecule has 3 heteroatoms. The molecule has 0 aliphatic heterocycles. The summed E-state index contributed by atoms with van der Waals surface area (Å²) in [6.45, 7) is 5.63. The molecule has 1 fully saturated rings. The number of unbranched alkanes of at least 4 members (excludes halogenated alkanes) is 1. The first-order valence-corrected chi connectivity index (χ1v) is 6.63. The molecule has 0 amide bonds. The lowest BCUT2D eigenvalue weighted by atomic mass is 9.98. The van der Waals surface area contributed by atoms with Crippen molar-refractivity contribution >= 4 is 5.97 Å². The van der Waals surface area contributed by atoms with E-state index in [9.17, 15) is 4.79 Å². The van der Waals surface area contributed by atoms with Crippen LogP contribution in [0.2, 0.25) is 0 Å². The highest BCUT2D eigenvalue weighted by atomic mass is 16.4. The molecule has 0 saturated heterocycles. The topological polar surface area (TPSA) is 40.5 Å². The van der Waals surface area contributed by atoms with Crippen LogP contribution in [0.15, 0.2) is 0 Å². The molecule has 16 heavy (non-hydrogen) atoms. The number of carboxylic acid groups (broad SMARTS) is 1. The highest BCUT2D eigenvalue weighted by Crippen LogP contribution is 2.28. The summed E-state index contributed by atoms with van der Waals surface area (Å²) in [6, 6.07) is 0.562. The van der Waals surface area contributed by atoms with Crippen molar-refractivity contribution in [2.45, 2.75) is 58.4 Å². The molecular formula is C13H25NO2. The van der Waals surface area contributed by atoms with Crippen LogP contribution in [0.25, 0.3) is 0 Å². The summed E-state index contributed by atoms with van der Waals surface area (Å²) in [7, 11) is 0. The van der Waals surface area contributed by atoms with Gasteiger partial charge in [0.15, 0.2) is 0 Å². The predicted molar refractivity (Wildman–Crippen MR) is 65.5 cm³/mol. The zero-order valence-corrected chi connectivity index (χ0v) is 10.6. The van der Waals surface area contributed by atoms with Gasteiger partial charge in [0.1, 0.15) is 0 Å². The molecule has 0 aromatic carbocycles. The van der Waals surface area contributed by atoms with Gasteiger partial charge >= 0.3 is 5.97 Å². The van der Waals surface area contributed by atoms with Gasteiger partial charge in [-0.05, 0) is 25.2 Å². The molecule has 1 atom stereocenters. The van der Waals surface area contributed by atoms with Crippen LogP contribution in [-0.2, 0) is 4.79 Å². The van der Waals surface area contributed by atoms with Crippen molar-refractivity contribution in [2.24, 2.45) is 5.92 Å². The number of aliphatic carboxylic acids is 1. The van der Waals surface area contributed by atoms with E-state index in [1.807, 2.05) is 0 Å². The minimum atomic E-state index is -0.683. The zero-order valence-electron chi connectivity index (χ0n) is 10.6. The van der Waals surface area contributed by atoms with Crippen molar-refractivity contribution in [3.63, 3.8) is 0 Å². The molecule has 94 valence electrons. The van der Waals surface area contributed by atoms with Crippen LogP contribution in [0.5, 0.6) is 0 Å². The molecule has 3 nitrogen and oxygen atoms in total. The van der Waals surface area contributed by atoms with Crippen molar-refractivity contribution in [3.8, 4) is 0 Å². The minimum Gasteiger partial charge on any atom is -0.480 e. The van der Waals surface area contributed by atoms with Gasteiger partial charge in [-0.15, -0.1) is 0 Å². The molecule has 0 bridgehead atoms. The van der Waals surface area contributed by atoms with Gasteiger partial charge in [-0.1, -0.05) is 33.1 Å². The Bertz CT molecular complexity index is 214. The number of hydrogen-bond acceptors (Lipinski definition) is 2. The predicted octanol–water partition coefficient (Wildman–Crippen LogP) is 2.75. The number of carboxylic acids is 1. The molecule has 1 unspecified atom stereocenters. The largest absolute Gasteiger partial charge is 0.480 e. The average Bonchev–Trinajstić information content (AvgIpc) is 3.05. The number of nitrogens with zero attached hydrogens (tertiary/aromatic N) is 1. The molecule has 1 N–H and O–H groups in total. The number of rotatable bonds is 9. The first-order valence-electron chi connectivity index (χ1n) is 6.63. The molecule has 0 spiro atoms. The van der Waals surface area contributed by atoms with Crippen LogP contribution < -0.4 is 0 Å². The smallest absolute Gasteiger partial charge is 0.317 e. The maximum Gasteiger partial charge on any atom is 0.317 e. The van der Waals surface area contributed by atoms with E-state index in [-0.39, 0.29) is 6.54 Å². The fourth-order valence-electron chi connectivity index (χ4n) is 2.21. The summed E-state index contributed by atoms with van der Waals surface area (Å²) < 4.78 is 0. The third-order valence-corrected chi connectivity index (χ3v) is 3.44. The van der Waals surface area contributed by atoms with Gasteiger partial charge in [-0.2, -0.15) is 0 Å². The molecule has 0 aromatic rings. The van der Waals surface area contributed by atoms with Crippen LogP contribution in [-0.4, -0.2) is 35.1 Å². The van der Waals surface area contributed by atoms with Crippen molar-refractivity contribution in [3.05, 3.63) is 0 Å². The van der Waals surface area contributed by atoms with Gasteiger partial charge in [0.2, 0.25) is 0 Å². The first-order chi connectivity index (χ1) is 7.67. The van der Waals surface area contributed by atoms with E-state index in [0.717, 1.165) is 6.54 Å². The van der Waals surface area contributed by atoms with Gasteiger partial charge in [-0.3, -0.25) is 9.69 Å². The van der Waals surface area contributed by atoms with Crippen molar-refractivity contribution in [1.82, 2.24) is 4.90 Å². The maximum absolute atomic E-state index is 10.8. The second-order valence-electron chi connectivity index (χ2n) is 4.97. The van der Waals surface area contributed by atoms with Crippen molar-refractivity contribution < 1.29 is 9.90 Å². The highest BCUT2D eigenvalue weighted by molar-refractivity contribution is 5.69. The van der Waals surface area contributed by atoms with E-state index in [4.69, 9.17) is 5.11 Å². The Labute approximate surface area is 98.8 Å². The Balaban J connectivity index is 2.35. The Morgan fingerprint density at radius 2 is 2.12 bits per heavy atom. The van der Waals surface area contributed by atoms with Gasteiger partial charge in [-0.25, -0.2) is 0 Å². The Morgan fingerprint density at radius 3 is 2.56 bits per heavy atom. The van der Waals surface area contributed by atoms with Gasteiger partial charge < -0.3 is 5.11 Å². The summed E-state index contributed by atoms with van der Waals surface area (Å²) in [6.07, 6.45) is 7.30. The molecule has 1 aliphatic carbocycles. The molecule has 1 aliphatic rings. The lowest BCUT2D eigenvalue weighted by Gasteiger charge is -2.25. The standard InChI is InChI=1S/C13H25NO2/c1-3-5-6-11(4-2)9-14(10-13(15)16)12-7-8-12/h11-12H,3-10H2,1-2H3,(H,15,16). The molecule has 0 heterocycles. The molecule has 1 saturated carbocycles. The third-order valence-electron chi connectivity index (χ3n) is 3.44. The van der Waals surface area contributed by atoms with Crippen LogP contribution in [0.4, 0.5) is 0 Å². The average molecular weight is 227 g/mol. The van der Waals surface area contributed by atoms with Gasteiger partial charge in [0.25, 0.3) is 0 Å². The Morgan fingerprint density at radius 1 is 1.44 bits per heavy atom. The monoisotopic (exact) mass is 227 g/mol. The fraction of sp³-hybridized carbons (Fsp3) is 0.923. The SMILES string of the molecule is CCCCC(CC)CN(CC(=O)O)C1CC1. The quantitative estimate of drug-likeness (QED) is 0.658.